The average Bonchev–Trinajstić information content (AvgIpc) is 2.56. The summed E-state index contributed by atoms with van der Waals surface area (Å²) in [6.45, 7) is 6.25. The van der Waals surface area contributed by atoms with Crippen LogP contribution in [0, 0.1) is 18.6 Å². The number of aliphatic hydroxyl groups is 1. The van der Waals surface area contributed by atoms with Crippen LogP contribution in [0.15, 0.2) is 36.4 Å². The van der Waals surface area contributed by atoms with E-state index in [9.17, 15) is 18.7 Å². The molecule has 0 atom stereocenters. The molecule has 1 heterocycles. The number of hydrogen-bond donors (Lipinski definition) is 2. The summed E-state index contributed by atoms with van der Waals surface area (Å²) in [4.78, 5) is 13.8. The van der Waals surface area contributed by atoms with E-state index in [0.717, 1.165) is 11.6 Å². The Morgan fingerprint density at radius 3 is 2.40 bits per heavy atom. The van der Waals surface area contributed by atoms with Crippen LogP contribution >= 0.6 is 0 Å². The zero-order valence-corrected chi connectivity index (χ0v) is 14.5. The highest BCUT2D eigenvalue weighted by Crippen LogP contribution is 2.27. The molecule has 134 valence electrons. The van der Waals surface area contributed by atoms with Gasteiger partial charge in [-0.15, -0.1) is 0 Å². The van der Waals surface area contributed by atoms with Crippen molar-refractivity contribution in [2.24, 2.45) is 0 Å². The predicted molar refractivity (Wildman–Crippen MR) is 94.1 cm³/mol. The van der Waals surface area contributed by atoms with Gasteiger partial charge in [0.2, 0.25) is 0 Å². The standard InChI is InChI=1S/C17H16F2N2O2.C2H6/c1-10-2-5-15(14(19)6-10)20-16-7-11(18)3-4-13(16)17(23)21-8-12(22)9-21;1-2/h2-7,12,20,22H,8-9H2,1H3;1-2H3. The second-order valence-corrected chi connectivity index (χ2v) is 5.66. The van der Waals surface area contributed by atoms with E-state index in [1.165, 1.54) is 29.2 Å². The molecule has 0 bridgehead atoms. The smallest absolute Gasteiger partial charge is 0.256 e. The lowest BCUT2D eigenvalue weighted by molar-refractivity contribution is 0.00596. The molecule has 3 rings (SSSR count). The Hall–Kier alpha value is -2.47. The molecule has 0 aromatic heterocycles. The van der Waals surface area contributed by atoms with Gasteiger partial charge in [-0.05, 0) is 42.8 Å². The molecule has 2 N–H and O–H groups in total. The summed E-state index contributed by atoms with van der Waals surface area (Å²) in [6, 6.07) is 8.31. The summed E-state index contributed by atoms with van der Waals surface area (Å²) < 4.78 is 27.5. The number of anilines is 2. The fourth-order valence-corrected chi connectivity index (χ4v) is 2.46. The first-order valence-electron chi connectivity index (χ1n) is 8.24. The largest absolute Gasteiger partial charge is 0.389 e. The number of rotatable bonds is 3. The van der Waals surface area contributed by atoms with Crippen LogP contribution in [0.25, 0.3) is 0 Å². The lowest BCUT2D eigenvalue weighted by Crippen LogP contribution is -2.53. The third-order valence-electron chi connectivity index (χ3n) is 3.76. The summed E-state index contributed by atoms with van der Waals surface area (Å²) in [5, 5.41) is 12.1. The lowest BCUT2D eigenvalue weighted by atomic mass is 10.1. The highest BCUT2D eigenvalue weighted by Gasteiger charge is 2.30. The molecule has 4 nitrogen and oxygen atoms in total. The lowest BCUT2D eigenvalue weighted by Gasteiger charge is -2.36. The summed E-state index contributed by atoms with van der Waals surface area (Å²) in [5.41, 5.74) is 1.36. The van der Waals surface area contributed by atoms with Crippen LogP contribution < -0.4 is 5.32 Å². The molecule has 6 heteroatoms. The van der Waals surface area contributed by atoms with Gasteiger partial charge < -0.3 is 15.3 Å². The molecule has 1 saturated heterocycles. The van der Waals surface area contributed by atoms with Crippen molar-refractivity contribution in [3.05, 3.63) is 59.2 Å². The van der Waals surface area contributed by atoms with Gasteiger partial charge in [-0.25, -0.2) is 8.78 Å². The minimum Gasteiger partial charge on any atom is -0.389 e. The van der Waals surface area contributed by atoms with E-state index in [4.69, 9.17) is 0 Å². The second-order valence-electron chi connectivity index (χ2n) is 5.66. The maximum Gasteiger partial charge on any atom is 0.256 e. The van der Waals surface area contributed by atoms with Crippen LogP contribution in [0.5, 0.6) is 0 Å². The zero-order chi connectivity index (χ0) is 18.6. The second kappa shape index (κ2) is 8.07. The SMILES string of the molecule is CC.Cc1ccc(Nc2cc(F)ccc2C(=O)N2CC(O)C2)c(F)c1. The normalized spacial score (nSPS) is 13.6. The van der Waals surface area contributed by atoms with Gasteiger partial charge in [-0.1, -0.05) is 19.9 Å². The first-order chi connectivity index (χ1) is 11.9. The molecule has 2 aromatic rings. The topological polar surface area (TPSA) is 52.6 Å². The predicted octanol–water partition coefficient (Wildman–Crippen LogP) is 3.86. The number of amides is 1. The number of β-amino-alcohol motifs (C(OH)–C–C–N with tert-alkyl or cyclic N) is 1. The van der Waals surface area contributed by atoms with E-state index < -0.39 is 17.7 Å². The maximum absolute atomic E-state index is 14.0. The van der Waals surface area contributed by atoms with Crippen molar-refractivity contribution in [2.45, 2.75) is 26.9 Å². The van der Waals surface area contributed by atoms with Gasteiger partial charge in [0.1, 0.15) is 11.6 Å². The number of nitrogens with one attached hydrogen (secondary N) is 1. The fraction of sp³-hybridized carbons (Fsp3) is 0.316. The Morgan fingerprint density at radius 2 is 1.80 bits per heavy atom. The third kappa shape index (κ3) is 4.33. The first-order valence-corrected chi connectivity index (χ1v) is 8.24. The van der Waals surface area contributed by atoms with Gasteiger partial charge in [-0.2, -0.15) is 0 Å². The number of aryl methyl sites for hydroxylation is 1. The number of carbonyl (C=O) groups excluding carboxylic acids is 1. The molecule has 0 aliphatic carbocycles. The molecule has 2 aromatic carbocycles. The summed E-state index contributed by atoms with van der Waals surface area (Å²) >= 11 is 0. The van der Waals surface area contributed by atoms with Crippen LogP contribution in [0.4, 0.5) is 20.2 Å². The van der Waals surface area contributed by atoms with Crippen molar-refractivity contribution in [3.63, 3.8) is 0 Å². The maximum atomic E-state index is 14.0. The third-order valence-corrected chi connectivity index (χ3v) is 3.76. The van der Waals surface area contributed by atoms with Gasteiger partial charge in [-0.3, -0.25) is 4.79 Å². The Balaban J connectivity index is 0.00000109. The average molecular weight is 348 g/mol. The molecule has 1 aliphatic rings. The number of benzene rings is 2. The summed E-state index contributed by atoms with van der Waals surface area (Å²) in [6.07, 6.45) is -0.523. The van der Waals surface area contributed by atoms with E-state index in [1.807, 2.05) is 13.8 Å². The highest BCUT2D eigenvalue weighted by molar-refractivity contribution is 6.00. The Bertz CT molecular complexity index is 759. The van der Waals surface area contributed by atoms with Crippen LogP contribution in [0.3, 0.4) is 0 Å². The van der Waals surface area contributed by atoms with E-state index >= 15 is 0 Å². The Kier molecular flexibility index (Phi) is 6.09. The van der Waals surface area contributed by atoms with Crippen LogP contribution in [0.2, 0.25) is 0 Å². The molecule has 1 amide bonds. The van der Waals surface area contributed by atoms with Crippen molar-refractivity contribution < 1.29 is 18.7 Å². The van der Waals surface area contributed by atoms with Gasteiger partial charge in [0.15, 0.2) is 0 Å². The fourth-order valence-electron chi connectivity index (χ4n) is 2.46. The van der Waals surface area contributed by atoms with Crippen molar-refractivity contribution in [1.29, 1.82) is 0 Å². The number of nitrogens with zero attached hydrogens (tertiary/aromatic N) is 1. The van der Waals surface area contributed by atoms with Crippen LogP contribution in [-0.4, -0.2) is 35.1 Å². The van der Waals surface area contributed by atoms with E-state index in [2.05, 4.69) is 5.32 Å². The van der Waals surface area contributed by atoms with Crippen molar-refractivity contribution in [1.82, 2.24) is 4.90 Å². The van der Waals surface area contributed by atoms with E-state index in [1.54, 1.807) is 13.0 Å². The number of aliphatic hydroxyl groups excluding tert-OH is 1. The van der Waals surface area contributed by atoms with Gasteiger partial charge in [0, 0.05) is 13.1 Å². The molecule has 1 fully saturated rings. The van der Waals surface area contributed by atoms with E-state index in [0.29, 0.717) is 0 Å². The number of likely N-dealkylation sites (tertiary alicyclic amines) is 1. The van der Waals surface area contributed by atoms with Crippen LogP contribution in [0.1, 0.15) is 29.8 Å². The summed E-state index contributed by atoms with van der Waals surface area (Å²) in [7, 11) is 0. The van der Waals surface area contributed by atoms with Crippen molar-refractivity contribution in [2.75, 3.05) is 18.4 Å². The minimum absolute atomic E-state index is 0.166. The van der Waals surface area contributed by atoms with Crippen molar-refractivity contribution in [3.8, 4) is 0 Å². The van der Waals surface area contributed by atoms with E-state index in [-0.39, 0.29) is 35.9 Å². The molecular weight excluding hydrogens is 326 g/mol. The number of halogens is 2. The summed E-state index contributed by atoms with van der Waals surface area (Å²) in [5.74, 6) is -1.34. The molecule has 0 spiro atoms. The van der Waals surface area contributed by atoms with Crippen LogP contribution in [-0.2, 0) is 0 Å². The van der Waals surface area contributed by atoms with Gasteiger partial charge >= 0.3 is 0 Å². The van der Waals surface area contributed by atoms with Crippen molar-refractivity contribution >= 4 is 17.3 Å². The first kappa shape index (κ1) is 18.9. The zero-order valence-electron chi connectivity index (χ0n) is 14.5. The van der Waals surface area contributed by atoms with Gasteiger partial charge in [0.25, 0.3) is 5.91 Å². The number of hydrogen-bond acceptors (Lipinski definition) is 3. The van der Waals surface area contributed by atoms with Gasteiger partial charge in [0.05, 0.1) is 23.0 Å². The molecule has 0 radical (unpaired) electrons. The molecule has 1 aliphatic heterocycles. The number of carbonyl (C=O) groups is 1. The molecule has 25 heavy (non-hydrogen) atoms. The monoisotopic (exact) mass is 348 g/mol. The molecule has 0 saturated carbocycles. The molecular formula is C19H22F2N2O2. The Morgan fingerprint density at radius 1 is 1.12 bits per heavy atom. The quantitative estimate of drug-likeness (QED) is 0.886. The minimum atomic E-state index is -0.528. The molecule has 0 unspecified atom stereocenters. The Labute approximate surface area is 146 Å². The highest BCUT2D eigenvalue weighted by atomic mass is 19.1.